The molecule has 1 heterocycles. The Morgan fingerprint density at radius 2 is 1.89 bits per heavy atom. The van der Waals surface area contributed by atoms with Gasteiger partial charge in [0.15, 0.2) is 0 Å². The quantitative estimate of drug-likeness (QED) is 0.454. The van der Waals surface area contributed by atoms with Crippen LogP contribution in [0.3, 0.4) is 0 Å². The van der Waals surface area contributed by atoms with Crippen molar-refractivity contribution >= 4 is 16.9 Å². The van der Waals surface area contributed by atoms with Gasteiger partial charge in [-0.25, -0.2) is 4.98 Å². The van der Waals surface area contributed by atoms with Gasteiger partial charge in [-0.2, -0.15) is 0 Å². The predicted molar refractivity (Wildman–Crippen MR) is 114 cm³/mol. The van der Waals surface area contributed by atoms with Gasteiger partial charge in [-0.1, -0.05) is 48.7 Å². The van der Waals surface area contributed by atoms with Gasteiger partial charge in [-0.05, 0) is 43.0 Å². The number of nitrogens with one attached hydrogen (secondary N) is 1. The fraction of sp³-hybridized carbons (Fsp3) is 0.333. The molecule has 0 saturated carbocycles. The highest BCUT2D eigenvalue weighted by Gasteiger charge is 2.09. The number of hydrogen-bond acceptors (Lipinski definition) is 2. The number of hydrogen-bond donors (Lipinski definition) is 1. The first-order valence-electron chi connectivity index (χ1n) is 9.88. The summed E-state index contributed by atoms with van der Waals surface area (Å²) in [7, 11) is 0. The number of nitrogens with zero attached hydrogens (tertiary/aromatic N) is 2. The van der Waals surface area contributed by atoms with Gasteiger partial charge >= 0.3 is 0 Å². The lowest BCUT2D eigenvalue weighted by Gasteiger charge is -2.08. The van der Waals surface area contributed by atoms with Gasteiger partial charge in [-0.15, -0.1) is 6.42 Å². The lowest BCUT2D eigenvalue weighted by atomic mass is 10.1. The van der Waals surface area contributed by atoms with Crippen molar-refractivity contribution in [1.29, 1.82) is 0 Å². The predicted octanol–water partition coefficient (Wildman–Crippen LogP) is 4.05. The summed E-state index contributed by atoms with van der Waals surface area (Å²) in [6.45, 7) is 3.30. The molecule has 3 aromatic rings. The normalized spacial score (nSPS) is 10.7. The van der Waals surface area contributed by atoms with Gasteiger partial charge in [0.2, 0.25) is 5.91 Å². The number of amides is 1. The van der Waals surface area contributed by atoms with E-state index in [1.807, 2.05) is 49.4 Å². The zero-order chi connectivity index (χ0) is 19.8. The van der Waals surface area contributed by atoms with E-state index in [-0.39, 0.29) is 5.91 Å². The van der Waals surface area contributed by atoms with Gasteiger partial charge < -0.3 is 9.88 Å². The van der Waals surface area contributed by atoms with E-state index in [0.29, 0.717) is 19.5 Å². The molecule has 0 bridgehead atoms. The van der Waals surface area contributed by atoms with Crippen molar-refractivity contribution in [1.82, 2.24) is 14.9 Å². The van der Waals surface area contributed by atoms with Crippen LogP contribution in [0.15, 0.2) is 48.5 Å². The molecule has 3 rings (SSSR count). The summed E-state index contributed by atoms with van der Waals surface area (Å²) in [6, 6.07) is 16.1. The van der Waals surface area contributed by atoms with Crippen LogP contribution >= 0.6 is 0 Å². The second-order valence-electron chi connectivity index (χ2n) is 7.07. The van der Waals surface area contributed by atoms with Crippen LogP contribution in [0.2, 0.25) is 0 Å². The fourth-order valence-corrected chi connectivity index (χ4v) is 3.44. The third-order valence-corrected chi connectivity index (χ3v) is 4.99. The summed E-state index contributed by atoms with van der Waals surface area (Å²) in [5.41, 5.74) is 4.34. The van der Waals surface area contributed by atoms with Crippen LogP contribution in [0.25, 0.3) is 11.0 Å². The van der Waals surface area contributed by atoms with E-state index >= 15 is 0 Å². The molecule has 1 N–H and O–H groups in total. The summed E-state index contributed by atoms with van der Waals surface area (Å²) in [5.74, 6) is 3.86. The molecule has 0 saturated heterocycles. The molecule has 4 heteroatoms. The maximum atomic E-state index is 12.1. The zero-order valence-corrected chi connectivity index (χ0v) is 16.4. The lowest BCUT2D eigenvalue weighted by Crippen LogP contribution is -2.26. The van der Waals surface area contributed by atoms with Crippen LogP contribution in [0.1, 0.15) is 36.2 Å². The minimum atomic E-state index is 0.0881. The van der Waals surface area contributed by atoms with Crippen molar-refractivity contribution in [2.75, 3.05) is 6.54 Å². The second kappa shape index (κ2) is 9.75. The van der Waals surface area contributed by atoms with Crippen molar-refractivity contribution in [2.45, 2.75) is 45.6 Å². The number of unbranched alkanes of at least 4 members (excludes halogenated alkanes) is 2. The molecular formula is C24H27N3O. The van der Waals surface area contributed by atoms with Crippen LogP contribution in [0, 0.1) is 19.3 Å². The lowest BCUT2D eigenvalue weighted by molar-refractivity contribution is -0.120. The molecule has 0 unspecified atom stereocenters. The molecule has 2 aromatic carbocycles. The zero-order valence-electron chi connectivity index (χ0n) is 16.4. The highest BCUT2D eigenvalue weighted by atomic mass is 16.1. The summed E-state index contributed by atoms with van der Waals surface area (Å²) in [4.78, 5) is 16.8. The van der Waals surface area contributed by atoms with Crippen LogP contribution in [0.5, 0.6) is 0 Å². The molecule has 0 aliphatic rings. The highest BCUT2D eigenvalue weighted by molar-refractivity contribution is 5.78. The molecule has 1 amide bonds. The molecule has 28 heavy (non-hydrogen) atoms. The van der Waals surface area contributed by atoms with Gasteiger partial charge in [0.25, 0.3) is 0 Å². The van der Waals surface area contributed by atoms with E-state index in [4.69, 9.17) is 11.4 Å². The first kappa shape index (κ1) is 19.7. The Kier molecular flexibility index (Phi) is 6.86. The highest BCUT2D eigenvalue weighted by Crippen LogP contribution is 2.17. The third-order valence-electron chi connectivity index (χ3n) is 4.99. The van der Waals surface area contributed by atoms with E-state index in [9.17, 15) is 4.79 Å². The maximum Gasteiger partial charge on any atom is 0.224 e. The largest absolute Gasteiger partial charge is 0.356 e. The number of terminal acetylenes is 1. The number of benzene rings is 2. The SMILES string of the molecule is C#CCn1c(CCCCCNC(=O)Cc2ccccc2C)nc2ccccc21. The molecule has 0 atom stereocenters. The van der Waals surface area contributed by atoms with Crippen LogP contribution < -0.4 is 5.32 Å². The van der Waals surface area contributed by atoms with Crippen molar-refractivity contribution < 1.29 is 4.79 Å². The Hall–Kier alpha value is -3.06. The summed E-state index contributed by atoms with van der Waals surface area (Å²) < 4.78 is 2.12. The van der Waals surface area contributed by atoms with Crippen LogP contribution in [-0.4, -0.2) is 22.0 Å². The standard InChI is InChI=1S/C24H27N3O/c1-3-17-27-22-14-9-8-13-21(22)26-23(27)15-5-4-10-16-25-24(28)18-20-12-7-6-11-19(20)2/h1,6-9,11-14H,4-5,10,15-18H2,2H3,(H,25,28). The van der Waals surface area contributed by atoms with E-state index in [1.165, 1.54) is 0 Å². The second-order valence-corrected chi connectivity index (χ2v) is 7.07. The number of carbonyl (C=O) groups excluding carboxylic acids is 1. The molecule has 0 radical (unpaired) electrons. The molecule has 0 aliphatic heterocycles. The smallest absolute Gasteiger partial charge is 0.224 e. The van der Waals surface area contributed by atoms with Crippen molar-refractivity contribution in [3.05, 3.63) is 65.5 Å². The first-order chi connectivity index (χ1) is 13.7. The fourth-order valence-electron chi connectivity index (χ4n) is 3.44. The Bertz CT molecular complexity index is 981. The number of aryl methyl sites for hydroxylation is 2. The van der Waals surface area contributed by atoms with Crippen LogP contribution in [0.4, 0.5) is 0 Å². The van der Waals surface area contributed by atoms with Gasteiger partial charge in [0.05, 0.1) is 24.0 Å². The van der Waals surface area contributed by atoms with Crippen molar-refractivity contribution in [3.8, 4) is 12.3 Å². The molecule has 0 aliphatic carbocycles. The van der Waals surface area contributed by atoms with E-state index in [1.54, 1.807) is 0 Å². The Labute approximate surface area is 167 Å². The Morgan fingerprint density at radius 3 is 2.71 bits per heavy atom. The monoisotopic (exact) mass is 373 g/mol. The summed E-state index contributed by atoms with van der Waals surface area (Å²) in [6.07, 6.45) is 9.91. The molecule has 144 valence electrons. The maximum absolute atomic E-state index is 12.1. The number of fused-ring (bicyclic) bond motifs is 1. The van der Waals surface area contributed by atoms with E-state index in [0.717, 1.165) is 53.7 Å². The average molecular weight is 374 g/mol. The van der Waals surface area contributed by atoms with Gasteiger partial charge in [-0.3, -0.25) is 4.79 Å². The molecule has 4 nitrogen and oxygen atoms in total. The number of imidazole rings is 1. The number of aromatic nitrogens is 2. The molecule has 1 aromatic heterocycles. The molecule has 0 spiro atoms. The summed E-state index contributed by atoms with van der Waals surface area (Å²) in [5, 5.41) is 3.02. The van der Waals surface area contributed by atoms with Crippen molar-refractivity contribution in [3.63, 3.8) is 0 Å². The number of rotatable bonds is 9. The Morgan fingerprint density at radius 1 is 1.11 bits per heavy atom. The number of para-hydroxylation sites is 2. The minimum absolute atomic E-state index is 0.0881. The van der Waals surface area contributed by atoms with Crippen LogP contribution in [-0.2, 0) is 24.2 Å². The summed E-state index contributed by atoms with van der Waals surface area (Å²) >= 11 is 0. The molecule has 0 fully saturated rings. The topological polar surface area (TPSA) is 46.9 Å². The first-order valence-corrected chi connectivity index (χ1v) is 9.88. The average Bonchev–Trinajstić information content (AvgIpc) is 3.04. The Balaban J connectivity index is 1.41. The van der Waals surface area contributed by atoms with Gasteiger partial charge in [0, 0.05) is 13.0 Å². The number of carbonyl (C=O) groups is 1. The van der Waals surface area contributed by atoms with E-state index < -0.39 is 0 Å². The van der Waals surface area contributed by atoms with E-state index in [2.05, 4.69) is 21.9 Å². The third kappa shape index (κ3) is 5.01. The molecular weight excluding hydrogens is 346 g/mol. The van der Waals surface area contributed by atoms with Gasteiger partial charge in [0.1, 0.15) is 5.82 Å². The minimum Gasteiger partial charge on any atom is -0.356 e. The van der Waals surface area contributed by atoms with Crippen molar-refractivity contribution in [2.24, 2.45) is 0 Å².